The Morgan fingerprint density at radius 3 is 2.64 bits per heavy atom. The van der Waals surface area contributed by atoms with Crippen LogP contribution in [-0.4, -0.2) is 29.4 Å². The zero-order valence-electron chi connectivity index (χ0n) is 21.3. The quantitative estimate of drug-likeness (QED) is 0.269. The summed E-state index contributed by atoms with van der Waals surface area (Å²) in [6.45, 7) is 2.44. The Hall–Kier alpha value is -4.50. The largest absolute Gasteiger partial charge is 0.488 e. The molecule has 7 nitrogen and oxygen atoms in total. The molecule has 0 aliphatic carbocycles. The van der Waals surface area contributed by atoms with Crippen molar-refractivity contribution in [1.29, 1.82) is 0 Å². The molecule has 0 saturated carbocycles. The van der Waals surface area contributed by atoms with Crippen molar-refractivity contribution in [3.05, 3.63) is 113 Å². The van der Waals surface area contributed by atoms with Crippen molar-refractivity contribution in [2.45, 2.75) is 20.0 Å². The van der Waals surface area contributed by atoms with Crippen molar-refractivity contribution in [2.75, 3.05) is 11.0 Å². The minimum Gasteiger partial charge on any atom is -0.488 e. The second-order valence-corrected chi connectivity index (χ2v) is 11.2. The minimum atomic E-state index is -3.42. The van der Waals surface area contributed by atoms with Gasteiger partial charge in [-0.3, -0.25) is 4.72 Å². The SMILES string of the molecule is CC/C(=C1/c2cc3cnn(-c4ccc(F)nc4)c3cc2COc2ccccc21)c1cccc(NS(C)(=O)=O)c1. The molecule has 0 amide bonds. The van der Waals surface area contributed by atoms with Crippen LogP contribution in [0.1, 0.15) is 35.6 Å². The van der Waals surface area contributed by atoms with Gasteiger partial charge in [-0.25, -0.2) is 18.1 Å². The first-order valence-corrected chi connectivity index (χ1v) is 14.4. The van der Waals surface area contributed by atoms with Gasteiger partial charge in [0.1, 0.15) is 12.4 Å². The minimum absolute atomic E-state index is 0.352. The summed E-state index contributed by atoms with van der Waals surface area (Å²) in [6.07, 6.45) is 5.08. The van der Waals surface area contributed by atoms with Crippen LogP contribution in [0.3, 0.4) is 0 Å². The van der Waals surface area contributed by atoms with Gasteiger partial charge in [0, 0.05) is 16.6 Å². The molecule has 0 bridgehead atoms. The Labute approximate surface area is 225 Å². The molecule has 196 valence electrons. The molecule has 5 aromatic rings. The fourth-order valence-corrected chi connectivity index (χ4v) is 5.66. The van der Waals surface area contributed by atoms with E-state index in [4.69, 9.17) is 4.74 Å². The van der Waals surface area contributed by atoms with Gasteiger partial charge in [-0.2, -0.15) is 9.49 Å². The molecule has 1 aliphatic heterocycles. The van der Waals surface area contributed by atoms with Crippen LogP contribution in [0.15, 0.2) is 85.2 Å². The normalized spacial score (nSPS) is 14.2. The zero-order chi connectivity index (χ0) is 27.1. The van der Waals surface area contributed by atoms with E-state index < -0.39 is 16.0 Å². The van der Waals surface area contributed by atoms with Gasteiger partial charge in [0.05, 0.1) is 29.9 Å². The van der Waals surface area contributed by atoms with Gasteiger partial charge in [-0.15, -0.1) is 0 Å². The summed E-state index contributed by atoms with van der Waals surface area (Å²) in [5.74, 6) is 0.224. The van der Waals surface area contributed by atoms with Crippen LogP contribution in [0.5, 0.6) is 5.75 Å². The molecule has 2 aromatic heterocycles. The number of sulfonamides is 1. The third-order valence-electron chi connectivity index (χ3n) is 6.73. The number of rotatable bonds is 5. The van der Waals surface area contributed by atoms with Crippen molar-refractivity contribution >= 4 is 37.8 Å². The summed E-state index contributed by atoms with van der Waals surface area (Å²) < 4.78 is 47.9. The molecule has 3 heterocycles. The van der Waals surface area contributed by atoms with Crippen LogP contribution < -0.4 is 9.46 Å². The Balaban J connectivity index is 1.59. The number of allylic oxidation sites excluding steroid dienone is 1. The Morgan fingerprint density at radius 1 is 1.03 bits per heavy atom. The van der Waals surface area contributed by atoms with Crippen LogP contribution in [0.25, 0.3) is 27.7 Å². The predicted octanol–water partition coefficient (Wildman–Crippen LogP) is 6.19. The van der Waals surface area contributed by atoms with Crippen molar-refractivity contribution < 1.29 is 17.5 Å². The molecule has 6 rings (SSSR count). The highest BCUT2D eigenvalue weighted by atomic mass is 32.2. The number of nitrogens with zero attached hydrogens (tertiary/aromatic N) is 3. The molecular formula is C30H25FN4O3S. The number of hydrogen-bond acceptors (Lipinski definition) is 5. The Bertz CT molecular complexity index is 1860. The molecule has 9 heteroatoms. The van der Waals surface area contributed by atoms with Crippen molar-refractivity contribution in [3.8, 4) is 11.4 Å². The van der Waals surface area contributed by atoms with Gasteiger partial charge in [0.2, 0.25) is 16.0 Å². The number of hydrogen-bond donors (Lipinski definition) is 1. The molecule has 0 unspecified atom stereocenters. The van der Waals surface area contributed by atoms with Gasteiger partial charge in [0.15, 0.2) is 0 Å². The van der Waals surface area contributed by atoms with Crippen LogP contribution in [-0.2, 0) is 16.6 Å². The van der Waals surface area contributed by atoms with Crippen LogP contribution in [0, 0.1) is 5.95 Å². The molecule has 3 aromatic carbocycles. The van der Waals surface area contributed by atoms with Gasteiger partial charge >= 0.3 is 0 Å². The first-order valence-electron chi connectivity index (χ1n) is 12.5. The second-order valence-electron chi connectivity index (χ2n) is 9.41. The average molecular weight is 541 g/mol. The van der Waals surface area contributed by atoms with E-state index in [2.05, 4.69) is 33.9 Å². The molecule has 1 N–H and O–H groups in total. The molecule has 0 fully saturated rings. The molecular weight excluding hydrogens is 515 g/mol. The lowest BCUT2D eigenvalue weighted by Gasteiger charge is -2.18. The molecule has 0 radical (unpaired) electrons. The molecule has 1 aliphatic rings. The lowest BCUT2D eigenvalue weighted by Crippen LogP contribution is -2.09. The summed E-state index contributed by atoms with van der Waals surface area (Å²) in [4.78, 5) is 3.78. The highest BCUT2D eigenvalue weighted by Gasteiger charge is 2.24. The Kier molecular flexibility index (Phi) is 6.15. The van der Waals surface area contributed by atoms with E-state index in [-0.39, 0.29) is 0 Å². The maximum atomic E-state index is 13.4. The fourth-order valence-electron chi connectivity index (χ4n) is 5.10. The monoisotopic (exact) mass is 540 g/mol. The van der Waals surface area contributed by atoms with E-state index in [9.17, 15) is 12.8 Å². The van der Waals surface area contributed by atoms with Crippen LogP contribution in [0.2, 0.25) is 0 Å². The number of nitrogens with one attached hydrogen (secondary N) is 1. The first kappa shape index (κ1) is 24.8. The maximum Gasteiger partial charge on any atom is 0.229 e. The highest BCUT2D eigenvalue weighted by Crippen LogP contribution is 2.43. The highest BCUT2D eigenvalue weighted by molar-refractivity contribution is 7.92. The van der Waals surface area contributed by atoms with E-state index in [1.165, 1.54) is 12.3 Å². The molecule has 0 atom stereocenters. The van der Waals surface area contributed by atoms with Crippen molar-refractivity contribution in [1.82, 2.24) is 14.8 Å². The van der Waals surface area contributed by atoms with Gasteiger partial charge in [0.25, 0.3) is 0 Å². The number of anilines is 1. The number of fused-ring (bicyclic) bond motifs is 3. The fraction of sp³-hybridized carbons (Fsp3) is 0.133. The predicted molar refractivity (Wildman–Crippen MR) is 151 cm³/mol. The third-order valence-corrected chi connectivity index (χ3v) is 7.33. The van der Waals surface area contributed by atoms with Gasteiger partial charge < -0.3 is 4.74 Å². The van der Waals surface area contributed by atoms with E-state index in [1.54, 1.807) is 23.0 Å². The van der Waals surface area contributed by atoms with E-state index in [1.807, 2.05) is 42.5 Å². The van der Waals surface area contributed by atoms with Gasteiger partial charge in [-0.05, 0) is 76.7 Å². The summed E-state index contributed by atoms with van der Waals surface area (Å²) in [5, 5.41) is 5.47. The second kappa shape index (κ2) is 9.67. The zero-order valence-corrected chi connectivity index (χ0v) is 22.2. The topological polar surface area (TPSA) is 86.1 Å². The van der Waals surface area contributed by atoms with Crippen molar-refractivity contribution in [3.63, 3.8) is 0 Å². The number of pyridine rings is 1. The van der Waals surface area contributed by atoms with E-state index in [0.29, 0.717) is 24.4 Å². The smallest absolute Gasteiger partial charge is 0.229 e. The summed E-state index contributed by atoms with van der Waals surface area (Å²) in [6, 6.07) is 22.5. The average Bonchev–Trinajstić information content (AvgIpc) is 3.25. The third kappa shape index (κ3) is 4.77. The summed E-state index contributed by atoms with van der Waals surface area (Å²) in [7, 11) is -3.42. The van der Waals surface area contributed by atoms with E-state index in [0.717, 1.165) is 56.3 Å². The Morgan fingerprint density at radius 2 is 1.87 bits per heavy atom. The number of para-hydroxylation sites is 1. The lowest BCUT2D eigenvalue weighted by atomic mass is 9.86. The van der Waals surface area contributed by atoms with Crippen LogP contribution >= 0.6 is 0 Å². The number of benzene rings is 3. The first-order chi connectivity index (χ1) is 18.8. The summed E-state index contributed by atoms with van der Waals surface area (Å²) >= 11 is 0. The molecule has 0 spiro atoms. The van der Waals surface area contributed by atoms with Gasteiger partial charge in [-0.1, -0.05) is 37.3 Å². The molecule has 0 saturated heterocycles. The maximum absolute atomic E-state index is 13.4. The standard InChI is InChI=1S/C30H25FN4O3S/c1-3-24(19-7-6-8-22(13-19)34-39(2,36)37)30-25-9-4-5-10-28(25)38-18-21-15-27-20(14-26(21)30)16-33-35(27)23-11-12-29(31)32-17-23/h4-17,34H,3,18H2,1-2H3/b30-24-. The number of aromatic nitrogens is 3. The van der Waals surface area contributed by atoms with Crippen LogP contribution in [0.4, 0.5) is 10.1 Å². The number of halogens is 1. The summed E-state index contributed by atoms with van der Waals surface area (Å²) in [5.41, 5.74) is 7.96. The van der Waals surface area contributed by atoms with Crippen molar-refractivity contribution in [2.24, 2.45) is 0 Å². The number of ether oxygens (including phenoxy) is 1. The molecule has 39 heavy (non-hydrogen) atoms. The van der Waals surface area contributed by atoms with E-state index >= 15 is 0 Å². The lowest BCUT2D eigenvalue weighted by molar-refractivity contribution is 0.307.